The molecule has 0 saturated carbocycles. The first-order valence-corrected chi connectivity index (χ1v) is 9.95. The zero-order valence-electron chi connectivity index (χ0n) is 16.2. The van der Waals surface area contributed by atoms with Crippen molar-refractivity contribution < 1.29 is 9.18 Å². The van der Waals surface area contributed by atoms with Crippen LogP contribution >= 0.6 is 11.6 Å². The van der Waals surface area contributed by atoms with E-state index in [9.17, 15) is 9.18 Å². The molecule has 5 nitrogen and oxygen atoms in total. The van der Waals surface area contributed by atoms with E-state index >= 15 is 0 Å². The number of ketones is 1. The standard InChI is InChI=1S/C23H20ClFN4O/c1-15(25)19-7-8-21(28-22(19)23(30)17-5-3-9-26-13-17)29-11-10-27-20(14-29)16-4-2-6-18(24)12-16/h2-9,12-13,20,27H,1,10-11,14H2. The highest BCUT2D eigenvalue weighted by Crippen LogP contribution is 2.27. The fourth-order valence-corrected chi connectivity index (χ4v) is 3.75. The van der Waals surface area contributed by atoms with Crippen LogP contribution in [0.25, 0.3) is 5.83 Å². The van der Waals surface area contributed by atoms with Crippen LogP contribution < -0.4 is 10.2 Å². The van der Waals surface area contributed by atoms with Crippen molar-refractivity contribution in [3.8, 4) is 0 Å². The van der Waals surface area contributed by atoms with E-state index in [1.165, 1.54) is 6.20 Å². The molecule has 1 N–H and O–H groups in total. The number of hydrogen-bond donors (Lipinski definition) is 1. The summed E-state index contributed by atoms with van der Waals surface area (Å²) in [4.78, 5) is 23.6. The van der Waals surface area contributed by atoms with E-state index in [-0.39, 0.29) is 23.1 Å². The van der Waals surface area contributed by atoms with Crippen molar-refractivity contribution in [2.45, 2.75) is 6.04 Å². The molecule has 4 rings (SSSR count). The van der Waals surface area contributed by atoms with Crippen molar-refractivity contribution in [2.24, 2.45) is 0 Å². The first kappa shape index (κ1) is 20.2. The summed E-state index contributed by atoms with van der Waals surface area (Å²) in [6, 6.07) is 14.4. The van der Waals surface area contributed by atoms with Crippen molar-refractivity contribution in [1.29, 1.82) is 0 Å². The number of nitrogens with zero attached hydrogens (tertiary/aromatic N) is 3. The fraction of sp³-hybridized carbons (Fsp3) is 0.174. The summed E-state index contributed by atoms with van der Waals surface area (Å²) in [5.41, 5.74) is 1.55. The van der Waals surface area contributed by atoms with E-state index in [0.29, 0.717) is 29.5 Å². The molecule has 0 radical (unpaired) electrons. The molecule has 0 spiro atoms. The van der Waals surface area contributed by atoms with Gasteiger partial charge >= 0.3 is 0 Å². The van der Waals surface area contributed by atoms with E-state index in [1.807, 2.05) is 24.3 Å². The Labute approximate surface area is 179 Å². The Morgan fingerprint density at radius 3 is 2.83 bits per heavy atom. The van der Waals surface area contributed by atoms with Gasteiger partial charge in [-0.3, -0.25) is 9.78 Å². The van der Waals surface area contributed by atoms with Crippen LogP contribution in [0.2, 0.25) is 5.02 Å². The molecule has 1 aliphatic rings. The largest absolute Gasteiger partial charge is 0.353 e. The van der Waals surface area contributed by atoms with E-state index in [2.05, 4.69) is 26.8 Å². The Balaban J connectivity index is 1.66. The summed E-state index contributed by atoms with van der Waals surface area (Å²) in [6.07, 6.45) is 3.02. The lowest BCUT2D eigenvalue weighted by atomic mass is 10.0. The fourth-order valence-electron chi connectivity index (χ4n) is 3.56. The Hall–Kier alpha value is -3.09. The van der Waals surface area contributed by atoms with Gasteiger partial charge in [-0.05, 0) is 42.0 Å². The average molecular weight is 423 g/mol. The van der Waals surface area contributed by atoms with Crippen LogP contribution in [-0.4, -0.2) is 35.4 Å². The number of benzene rings is 1. The molecule has 1 aliphatic heterocycles. The van der Waals surface area contributed by atoms with Gasteiger partial charge < -0.3 is 10.2 Å². The van der Waals surface area contributed by atoms with Crippen LogP contribution in [0.1, 0.15) is 33.2 Å². The molecule has 3 aromatic rings. The first-order valence-electron chi connectivity index (χ1n) is 9.57. The molecule has 1 unspecified atom stereocenters. The molecule has 1 aromatic carbocycles. The molecule has 3 heterocycles. The second kappa shape index (κ2) is 8.73. The molecule has 1 saturated heterocycles. The van der Waals surface area contributed by atoms with Gasteiger partial charge in [-0.2, -0.15) is 0 Å². The van der Waals surface area contributed by atoms with Gasteiger partial charge in [0.1, 0.15) is 17.3 Å². The van der Waals surface area contributed by atoms with E-state index in [4.69, 9.17) is 11.6 Å². The summed E-state index contributed by atoms with van der Waals surface area (Å²) < 4.78 is 14.0. The normalized spacial score (nSPS) is 16.3. The van der Waals surface area contributed by atoms with Crippen LogP contribution in [0.5, 0.6) is 0 Å². The van der Waals surface area contributed by atoms with Gasteiger partial charge in [0, 0.05) is 54.2 Å². The van der Waals surface area contributed by atoms with Crippen LogP contribution in [0.4, 0.5) is 10.2 Å². The van der Waals surface area contributed by atoms with Crippen LogP contribution in [0.3, 0.4) is 0 Å². The molecule has 0 aliphatic carbocycles. The molecule has 152 valence electrons. The predicted molar refractivity (Wildman–Crippen MR) is 116 cm³/mol. The minimum absolute atomic E-state index is 0.0332. The van der Waals surface area contributed by atoms with E-state index in [0.717, 1.165) is 12.1 Å². The van der Waals surface area contributed by atoms with Gasteiger partial charge in [-0.1, -0.05) is 30.3 Å². The Morgan fingerprint density at radius 2 is 2.10 bits per heavy atom. The number of pyridine rings is 2. The van der Waals surface area contributed by atoms with Gasteiger partial charge in [0.05, 0.1) is 0 Å². The number of carbonyl (C=O) groups excluding carboxylic acids is 1. The third kappa shape index (κ3) is 4.25. The van der Waals surface area contributed by atoms with Crippen molar-refractivity contribution >= 4 is 29.0 Å². The minimum atomic E-state index is -0.696. The number of nitrogens with one attached hydrogen (secondary N) is 1. The van der Waals surface area contributed by atoms with Crippen LogP contribution in [0.15, 0.2) is 67.5 Å². The highest BCUT2D eigenvalue weighted by molar-refractivity contribution is 6.30. The summed E-state index contributed by atoms with van der Waals surface area (Å²) in [7, 11) is 0. The van der Waals surface area contributed by atoms with Gasteiger partial charge in [-0.15, -0.1) is 0 Å². The van der Waals surface area contributed by atoms with Crippen LogP contribution in [0, 0.1) is 0 Å². The Morgan fingerprint density at radius 1 is 1.23 bits per heavy atom. The average Bonchev–Trinajstić information content (AvgIpc) is 2.79. The van der Waals surface area contributed by atoms with Gasteiger partial charge in [0.15, 0.2) is 0 Å². The second-order valence-corrected chi connectivity index (χ2v) is 7.49. The zero-order valence-corrected chi connectivity index (χ0v) is 16.9. The highest BCUT2D eigenvalue weighted by atomic mass is 35.5. The third-order valence-electron chi connectivity index (χ3n) is 5.06. The summed E-state index contributed by atoms with van der Waals surface area (Å²) in [5.74, 6) is -0.473. The maximum absolute atomic E-state index is 14.0. The van der Waals surface area contributed by atoms with Gasteiger partial charge in [0.2, 0.25) is 5.78 Å². The highest BCUT2D eigenvalue weighted by Gasteiger charge is 2.24. The summed E-state index contributed by atoms with van der Waals surface area (Å²) in [6.45, 7) is 5.44. The number of hydrogen-bond acceptors (Lipinski definition) is 5. The zero-order chi connectivity index (χ0) is 21.1. The van der Waals surface area contributed by atoms with Gasteiger partial charge in [-0.25, -0.2) is 9.37 Å². The monoisotopic (exact) mass is 422 g/mol. The minimum Gasteiger partial charge on any atom is -0.353 e. The quantitative estimate of drug-likeness (QED) is 0.615. The van der Waals surface area contributed by atoms with Crippen molar-refractivity contribution in [3.05, 3.63) is 94.9 Å². The second-order valence-electron chi connectivity index (χ2n) is 7.05. The number of rotatable bonds is 5. The Kier molecular flexibility index (Phi) is 5.88. The third-order valence-corrected chi connectivity index (χ3v) is 5.30. The smallest absolute Gasteiger partial charge is 0.213 e. The molecular weight excluding hydrogens is 403 g/mol. The summed E-state index contributed by atoms with van der Waals surface area (Å²) >= 11 is 6.14. The lowest BCUT2D eigenvalue weighted by Gasteiger charge is -2.35. The van der Waals surface area contributed by atoms with Crippen molar-refractivity contribution in [3.63, 3.8) is 0 Å². The van der Waals surface area contributed by atoms with Crippen molar-refractivity contribution in [1.82, 2.24) is 15.3 Å². The first-order chi connectivity index (χ1) is 14.5. The maximum Gasteiger partial charge on any atom is 0.213 e. The van der Waals surface area contributed by atoms with Crippen molar-refractivity contribution in [2.75, 3.05) is 24.5 Å². The molecule has 7 heteroatoms. The van der Waals surface area contributed by atoms with Crippen LogP contribution in [-0.2, 0) is 0 Å². The molecule has 0 bridgehead atoms. The topological polar surface area (TPSA) is 58.1 Å². The molecule has 1 atom stereocenters. The molecular formula is C23H20ClFN4O. The Bertz CT molecular complexity index is 1090. The van der Waals surface area contributed by atoms with E-state index < -0.39 is 5.83 Å². The maximum atomic E-state index is 14.0. The van der Waals surface area contributed by atoms with Gasteiger partial charge in [0.25, 0.3) is 0 Å². The number of carbonyl (C=O) groups is 1. The predicted octanol–water partition coefficient (Wildman–Crippen LogP) is 4.45. The lowest BCUT2D eigenvalue weighted by Crippen LogP contribution is -2.46. The molecule has 2 aromatic heterocycles. The SMILES string of the molecule is C=C(F)c1ccc(N2CCNC(c3cccc(Cl)c3)C2)nc1C(=O)c1cccnc1. The lowest BCUT2D eigenvalue weighted by molar-refractivity contribution is 0.103. The summed E-state index contributed by atoms with van der Waals surface area (Å²) in [5, 5.41) is 4.16. The molecule has 0 amide bonds. The molecule has 1 fully saturated rings. The van der Waals surface area contributed by atoms with E-state index in [1.54, 1.807) is 30.5 Å². The number of halogens is 2. The molecule has 30 heavy (non-hydrogen) atoms. The number of anilines is 1. The number of piperazine rings is 1. The number of aromatic nitrogens is 2.